The van der Waals surface area contributed by atoms with Gasteiger partial charge in [-0.05, 0) is 31.0 Å². The van der Waals surface area contributed by atoms with E-state index in [1.54, 1.807) is 12.1 Å². The van der Waals surface area contributed by atoms with Gasteiger partial charge >= 0.3 is 0 Å². The predicted molar refractivity (Wildman–Crippen MR) is 96.7 cm³/mol. The molecule has 0 unspecified atom stereocenters. The number of carbonyl (C=O) groups is 1. The number of rotatable bonds is 5. The lowest BCUT2D eigenvalue weighted by Gasteiger charge is -2.28. The van der Waals surface area contributed by atoms with E-state index >= 15 is 0 Å². The van der Waals surface area contributed by atoms with Gasteiger partial charge in [0.05, 0.1) is 22.8 Å². The Morgan fingerprint density at radius 2 is 2.12 bits per heavy atom. The minimum Gasteiger partial charge on any atom is -0.349 e. The largest absolute Gasteiger partial charge is 0.349 e. The maximum absolute atomic E-state index is 12.5. The first-order chi connectivity index (χ1) is 11.5. The Hall–Kier alpha value is -1.73. The van der Waals surface area contributed by atoms with E-state index in [2.05, 4.69) is 26.2 Å². The van der Waals surface area contributed by atoms with Crippen LogP contribution < -0.4 is 16.6 Å². The van der Waals surface area contributed by atoms with E-state index in [0.29, 0.717) is 24.0 Å². The summed E-state index contributed by atoms with van der Waals surface area (Å²) in [5.74, 6) is -0.0661. The molecule has 128 valence electrons. The second kappa shape index (κ2) is 7.03. The number of nitrogens with zero attached hydrogens (tertiary/aromatic N) is 2. The standard InChI is InChI=1S/C17H21BrN4O2/c18-12-3-4-14-13(9-12)16(24)22(11-20-14)8-5-15(23)21-17(10-19)6-1-2-7-17/h3-4,9,11H,1-2,5-8,10,19H2,(H,21,23). The van der Waals surface area contributed by atoms with Gasteiger partial charge in [0.2, 0.25) is 5.91 Å². The van der Waals surface area contributed by atoms with Crippen molar-refractivity contribution in [2.24, 2.45) is 5.73 Å². The van der Waals surface area contributed by atoms with E-state index in [-0.39, 0.29) is 23.4 Å². The van der Waals surface area contributed by atoms with Gasteiger partial charge in [-0.3, -0.25) is 14.2 Å². The van der Waals surface area contributed by atoms with Gasteiger partial charge in [0.25, 0.3) is 5.56 Å². The van der Waals surface area contributed by atoms with Crippen molar-refractivity contribution in [2.45, 2.75) is 44.2 Å². The summed E-state index contributed by atoms with van der Waals surface area (Å²) in [6, 6.07) is 5.40. The number of benzene rings is 1. The van der Waals surface area contributed by atoms with E-state index in [1.807, 2.05) is 6.07 Å². The second-order valence-electron chi connectivity index (χ2n) is 6.39. The van der Waals surface area contributed by atoms with Crippen LogP contribution in [0.25, 0.3) is 10.9 Å². The fourth-order valence-corrected chi connectivity index (χ4v) is 3.66. The normalized spacial score (nSPS) is 16.4. The Labute approximate surface area is 148 Å². The molecule has 6 nitrogen and oxygen atoms in total. The van der Waals surface area contributed by atoms with Crippen molar-refractivity contribution in [2.75, 3.05) is 6.54 Å². The van der Waals surface area contributed by atoms with Crippen molar-refractivity contribution in [1.82, 2.24) is 14.9 Å². The maximum atomic E-state index is 12.5. The number of aryl methyl sites for hydroxylation is 1. The van der Waals surface area contributed by atoms with Crippen LogP contribution in [0.3, 0.4) is 0 Å². The Balaban J connectivity index is 1.70. The molecule has 1 aromatic heterocycles. The van der Waals surface area contributed by atoms with Crippen molar-refractivity contribution in [1.29, 1.82) is 0 Å². The van der Waals surface area contributed by atoms with Gasteiger partial charge < -0.3 is 11.1 Å². The number of hydrogen-bond acceptors (Lipinski definition) is 4. The molecule has 0 saturated heterocycles. The summed E-state index contributed by atoms with van der Waals surface area (Å²) < 4.78 is 2.31. The molecule has 3 rings (SSSR count). The average Bonchev–Trinajstić information content (AvgIpc) is 3.04. The number of amides is 1. The maximum Gasteiger partial charge on any atom is 0.261 e. The highest BCUT2D eigenvalue weighted by atomic mass is 79.9. The van der Waals surface area contributed by atoms with Gasteiger partial charge in [0, 0.05) is 24.0 Å². The summed E-state index contributed by atoms with van der Waals surface area (Å²) in [5.41, 5.74) is 6.10. The molecule has 0 aliphatic heterocycles. The van der Waals surface area contributed by atoms with Crippen LogP contribution in [0.2, 0.25) is 0 Å². The number of fused-ring (bicyclic) bond motifs is 1. The van der Waals surface area contributed by atoms with Gasteiger partial charge in [-0.15, -0.1) is 0 Å². The lowest BCUT2D eigenvalue weighted by atomic mass is 9.97. The number of aromatic nitrogens is 2. The monoisotopic (exact) mass is 392 g/mol. The number of nitrogens with one attached hydrogen (secondary N) is 1. The van der Waals surface area contributed by atoms with Crippen LogP contribution in [-0.2, 0) is 11.3 Å². The highest BCUT2D eigenvalue weighted by Crippen LogP contribution is 2.28. The molecule has 1 aliphatic rings. The minimum atomic E-state index is -0.255. The van der Waals surface area contributed by atoms with E-state index in [4.69, 9.17) is 5.73 Å². The molecule has 1 saturated carbocycles. The van der Waals surface area contributed by atoms with Gasteiger partial charge in [0.1, 0.15) is 0 Å². The Bertz CT molecular complexity index is 812. The number of hydrogen-bond donors (Lipinski definition) is 2. The van der Waals surface area contributed by atoms with Crippen molar-refractivity contribution in [3.63, 3.8) is 0 Å². The molecule has 1 fully saturated rings. The fraction of sp³-hybridized carbons (Fsp3) is 0.471. The molecule has 24 heavy (non-hydrogen) atoms. The lowest BCUT2D eigenvalue weighted by molar-refractivity contribution is -0.123. The molecule has 0 bridgehead atoms. The van der Waals surface area contributed by atoms with Crippen molar-refractivity contribution in [3.05, 3.63) is 39.4 Å². The van der Waals surface area contributed by atoms with Gasteiger partial charge in [-0.25, -0.2) is 4.98 Å². The number of carbonyl (C=O) groups excluding carboxylic acids is 1. The van der Waals surface area contributed by atoms with Gasteiger partial charge in [-0.2, -0.15) is 0 Å². The summed E-state index contributed by atoms with van der Waals surface area (Å²) in [4.78, 5) is 29.0. The van der Waals surface area contributed by atoms with Crippen LogP contribution in [0, 0.1) is 0 Å². The molecular weight excluding hydrogens is 372 g/mol. The molecule has 0 spiro atoms. The van der Waals surface area contributed by atoms with Gasteiger partial charge in [0.15, 0.2) is 0 Å². The Morgan fingerprint density at radius 3 is 2.83 bits per heavy atom. The summed E-state index contributed by atoms with van der Waals surface area (Å²) in [6.45, 7) is 0.769. The molecule has 2 aromatic rings. The SMILES string of the molecule is NCC1(NC(=O)CCn2cnc3ccc(Br)cc3c2=O)CCCC1. The third-order valence-corrected chi connectivity index (χ3v) is 5.22. The number of nitrogens with two attached hydrogens (primary N) is 1. The van der Waals surface area contributed by atoms with E-state index in [1.165, 1.54) is 10.9 Å². The first-order valence-electron chi connectivity index (χ1n) is 8.19. The molecule has 0 atom stereocenters. The summed E-state index contributed by atoms with van der Waals surface area (Å²) in [6.07, 6.45) is 5.80. The topological polar surface area (TPSA) is 90.0 Å². The minimum absolute atomic E-state index is 0.0661. The zero-order valence-electron chi connectivity index (χ0n) is 13.4. The zero-order chi connectivity index (χ0) is 17.2. The fourth-order valence-electron chi connectivity index (χ4n) is 3.30. The molecule has 1 heterocycles. The van der Waals surface area contributed by atoms with Crippen LogP contribution in [0.15, 0.2) is 33.8 Å². The Kier molecular flexibility index (Phi) is 5.01. The van der Waals surface area contributed by atoms with E-state index in [9.17, 15) is 9.59 Å². The molecule has 1 aliphatic carbocycles. The summed E-state index contributed by atoms with van der Waals surface area (Å²) in [5, 5.41) is 3.61. The first kappa shape index (κ1) is 17.1. The van der Waals surface area contributed by atoms with Crippen molar-refractivity contribution >= 4 is 32.7 Å². The average molecular weight is 393 g/mol. The van der Waals surface area contributed by atoms with Crippen molar-refractivity contribution < 1.29 is 4.79 Å². The van der Waals surface area contributed by atoms with Crippen LogP contribution >= 0.6 is 15.9 Å². The smallest absolute Gasteiger partial charge is 0.261 e. The van der Waals surface area contributed by atoms with E-state index in [0.717, 1.165) is 30.2 Å². The van der Waals surface area contributed by atoms with Crippen LogP contribution in [0.4, 0.5) is 0 Å². The molecule has 1 amide bonds. The summed E-state index contributed by atoms with van der Waals surface area (Å²) in [7, 11) is 0. The highest BCUT2D eigenvalue weighted by molar-refractivity contribution is 9.10. The third kappa shape index (κ3) is 3.52. The Morgan fingerprint density at radius 1 is 1.38 bits per heavy atom. The first-order valence-corrected chi connectivity index (χ1v) is 8.98. The molecule has 3 N–H and O–H groups in total. The number of halogens is 1. The third-order valence-electron chi connectivity index (χ3n) is 4.72. The second-order valence-corrected chi connectivity index (χ2v) is 7.31. The summed E-state index contributed by atoms with van der Waals surface area (Å²) >= 11 is 3.36. The predicted octanol–water partition coefficient (Wildman–Crippen LogP) is 1.94. The van der Waals surface area contributed by atoms with E-state index < -0.39 is 0 Å². The van der Waals surface area contributed by atoms with Crippen LogP contribution in [-0.4, -0.2) is 27.5 Å². The molecule has 0 radical (unpaired) electrons. The van der Waals surface area contributed by atoms with Gasteiger partial charge in [-0.1, -0.05) is 28.8 Å². The molecular formula is C17H21BrN4O2. The highest BCUT2D eigenvalue weighted by Gasteiger charge is 2.33. The zero-order valence-corrected chi connectivity index (χ0v) is 15.0. The lowest BCUT2D eigenvalue weighted by Crippen LogP contribution is -2.51. The van der Waals surface area contributed by atoms with Crippen LogP contribution in [0.5, 0.6) is 0 Å². The quantitative estimate of drug-likeness (QED) is 0.813. The van der Waals surface area contributed by atoms with Crippen LogP contribution in [0.1, 0.15) is 32.1 Å². The molecule has 7 heteroatoms. The van der Waals surface area contributed by atoms with Crippen molar-refractivity contribution in [3.8, 4) is 0 Å². The molecule has 1 aromatic carbocycles.